The third kappa shape index (κ3) is 3.76. The van der Waals surface area contributed by atoms with E-state index in [9.17, 15) is 4.79 Å². The van der Waals surface area contributed by atoms with E-state index in [0.717, 1.165) is 30.7 Å². The molecule has 1 aliphatic rings. The van der Waals surface area contributed by atoms with E-state index in [4.69, 9.17) is 5.73 Å². The molecule has 1 aliphatic carbocycles. The molecule has 0 aromatic carbocycles. The second-order valence-corrected chi connectivity index (χ2v) is 6.67. The molecule has 2 rings (SSSR count). The number of nitrogens with one attached hydrogen (secondary N) is 1. The Hall–Kier alpha value is -0.940. The van der Waals surface area contributed by atoms with Crippen LogP contribution in [0.3, 0.4) is 0 Å². The fraction of sp³-hybridized carbons (Fsp3) is 0.714. The van der Waals surface area contributed by atoms with Crippen molar-refractivity contribution in [1.82, 2.24) is 10.3 Å². The second-order valence-electron chi connectivity index (χ2n) is 5.73. The van der Waals surface area contributed by atoms with Crippen molar-refractivity contribution in [3.05, 3.63) is 16.1 Å². The van der Waals surface area contributed by atoms with Crippen LogP contribution in [-0.2, 0) is 6.42 Å². The number of aromatic nitrogens is 1. The molecule has 1 amide bonds. The van der Waals surface area contributed by atoms with Crippen LogP contribution in [0.25, 0.3) is 0 Å². The highest BCUT2D eigenvalue weighted by Gasteiger charge is 2.28. The Morgan fingerprint density at radius 3 is 3.05 bits per heavy atom. The van der Waals surface area contributed by atoms with E-state index in [-0.39, 0.29) is 11.9 Å². The monoisotopic (exact) mass is 281 g/mol. The van der Waals surface area contributed by atoms with Gasteiger partial charge in [-0.1, -0.05) is 20.3 Å². The summed E-state index contributed by atoms with van der Waals surface area (Å²) in [6, 6.07) is 0.229. The average Bonchev–Trinajstić information content (AvgIpc) is 2.97. The van der Waals surface area contributed by atoms with Crippen LogP contribution < -0.4 is 11.1 Å². The smallest absolute Gasteiger partial charge is 0.270 e. The van der Waals surface area contributed by atoms with Crippen molar-refractivity contribution < 1.29 is 4.79 Å². The molecule has 1 aromatic heterocycles. The van der Waals surface area contributed by atoms with Crippen LogP contribution in [0.2, 0.25) is 0 Å². The number of amides is 1. The quantitative estimate of drug-likeness (QED) is 0.869. The molecule has 0 saturated heterocycles. The largest absolute Gasteiger partial charge is 0.348 e. The summed E-state index contributed by atoms with van der Waals surface area (Å²) >= 11 is 1.57. The Morgan fingerprint density at radius 2 is 2.37 bits per heavy atom. The lowest BCUT2D eigenvalue weighted by Crippen LogP contribution is -2.40. The molecule has 1 fully saturated rings. The number of hydrogen-bond acceptors (Lipinski definition) is 4. The van der Waals surface area contributed by atoms with Gasteiger partial charge in [-0.15, -0.1) is 11.3 Å². The molecule has 3 N–H and O–H groups in total. The topological polar surface area (TPSA) is 68.0 Å². The van der Waals surface area contributed by atoms with Crippen LogP contribution >= 0.6 is 11.3 Å². The standard InChI is InChI=1S/C14H23N3OS/c1-9(2)6-13-16-12(8-19-13)14(18)17-11-5-3-4-10(11)7-15/h8-11H,3-7,15H2,1-2H3,(H,17,18). The van der Waals surface area contributed by atoms with Crippen molar-refractivity contribution in [3.63, 3.8) is 0 Å². The molecule has 1 aromatic rings. The fourth-order valence-corrected chi connectivity index (χ4v) is 3.60. The van der Waals surface area contributed by atoms with E-state index in [1.165, 1.54) is 0 Å². The van der Waals surface area contributed by atoms with E-state index >= 15 is 0 Å². The molecule has 5 heteroatoms. The lowest BCUT2D eigenvalue weighted by Gasteiger charge is -2.18. The average molecular weight is 281 g/mol. The Kier molecular flexibility index (Phi) is 4.93. The molecule has 0 spiro atoms. The first-order chi connectivity index (χ1) is 9.10. The van der Waals surface area contributed by atoms with Gasteiger partial charge in [0.2, 0.25) is 0 Å². The number of carbonyl (C=O) groups excluding carboxylic acids is 1. The highest BCUT2D eigenvalue weighted by atomic mass is 32.1. The van der Waals surface area contributed by atoms with Crippen molar-refractivity contribution in [2.45, 2.75) is 45.6 Å². The number of nitrogens with two attached hydrogens (primary N) is 1. The van der Waals surface area contributed by atoms with Crippen molar-refractivity contribution in [2.24, 2.45) is 17.6 Å². The van der Waals surface area contributed by atoms with Crippen LogP contribution in [0.5, 0.6) is 0 Å². The van der Waals surface area contributed by atoms with Crippen LogP contribution in [0, 0.1) is 11.8 Å². The summed E-state index contributed by atoms with van der Waals surface area (Å²) < 4.78 is 0. The number of nitrogens with zero attached hydrogens (tertiary/aromatic N) is 1. The highest BCUT2D eigenvalue weighted by molar-refractivity contribution is 7.09. The summed E-state index contributed by atoms with van der Waals surface area (Å²) in [7, 11) is 0. The van der Waals surface area contributed by atoms with Gasteiger partial charge in [0.1, 0.15) is 5.69 Å². The van der Waals surface area contributed by atoms with Crippen LogP contribution in [0.4, 0.5) is 0 Å². The van der Waals surface area contributed by atoms with Crippen molar-refractivity contribution in [1.29, 1.82) is 0 Å². The summed E-state index contributed by atoms with van der Waals surface area (Å²) in [6.07, 6.45) is 4.25. The molecule has 0 aliphatic heterocycles. The normalized spacial score (nSPS) is 22.9. The summed E-state index contributed by atoms with van der Waals surface area (Å²) in [5.41, 5.74) is 6.29. The fourth-order valence-electron chi connectivity index (χ4n) is 2.61. The minimum Gasteiger partial charge on any atom is -0.348 e. The lowest BCUT2D eigenvalue weighted by molar-refractivity contribution is 0.0924. The summed E-state index contributed by atoms with van der Waals surface area (Å²) in [6.45, 7) is 4.97. The summed E-state index contributed by atoms with van der Waals surface area (Å²) in [5, 5.41) is 5.99. The third-order valence-electron chi connectivity index (χ3n) is 3.65. The molecule has 1 saturated carbocycles. The Labute approximate surface area is 118 Å². The summed E-state index contributed by atoms with van der Waals surface area (Å²) in [5.74, 6) is 0.952. The first-order valence-corrected chi connectivity index (χ1v) is 7.93. The van der Waals surface area contributed by atoms with Gasteiger partial charge in [0.05, 0.1) is 5.01 Å². The van der Waals surface area contributed by atoms with Gasteiger partial charge in [0, 0.05) is 17.8 Å². The molecule has 0 radical (unpaired) electrons. The predicted octanol–water partition coefficient (Wildman–Crippen LogP) is 2.20. The molecular weight excluding hydrogens is 258 g/mol. The minimum absolute atomic E-state index is 0.0448. The Morgan fingerprint density at radius 1 is 1.58 bits per heavy atom. The molecule has 4 nitrogen and oxygen atoms in total. The second kappa shape index (κ2) is 6.48. The number of rotatable bonds is 5. The van der Waals surface area contributed by atoms with Gasteiger partial charge in [-0.25, -0.2) is 4.98 Å². The zero-order chi connectivity index (χ0) is 13.8. The van der Waals surface area contributed by atoms with E-state index in [2.05, 4.69) is 24.1 Å². The van der Waals surface area contributed by atoms with Crippen LogP contribution in [0.1, 0.15) is 48.6 Å². The van der Waals surface area contributed by atoms with Crippen molar-refractivity contribution in [2.75, 3.05) is 6.54 Å². The minimum atomic E-state index is -0.0448. The summed E-state index contributed by atoms with van der Waals surface area (Å²) in [4.78, 5) is 16.6. The van der Waals surface area contributed by atoms with Gasteiger partial charge in [-0.2, -0.15) is 0 Å². The number of thiazole rings is 1. The molecule has 2 atom stereocenters. The highest BCUT2D eigenvalue weighted by Crippen LogP contribution is 2.25. The first kappa shape index (κ1) is 14.5. The Balaban J connectivity index is 1.94. The van der Waals surface area contributed by atoms with Crippen molar-refractivity contribution >= 4 is 17.2 Å². The van der Waals surface area contributed by atoms with E-state index in [1.807, 2.05) is 5.38 Å². The number of hydrogen-bond donors (Lipinski definition) is 2. The lowest BCUT2D eigenvalue weighted by atomic mass is 10.0. The maximum atomic E-state index is 12.2. The first-order valence-electron chi connectivity index (χ1n) is 7.05. The third-order valence-corrected chi connectivity index (χ3v) is 4.52. The van der Waals surface area contributed by atoms with Gasteiger partial charge >= 0.3 is 0 Å². The van der Waals surface area contributed by atoms with E-state index in [0.29, 0.717) is 24.1 Å². The molecule has 1 heterocycles. The number of carbonyl (C=O) groups is 1. The molecule has 106 valence electrons. The predicted molar refractivity (Wildman–Crippen MR) is 78.3 cm³/mol. The molecule has 2 unspecified atom stereocenters. The van der Waals surface area contributed by atoms with Gasteiger partial charge in [0.25, 0.3) is 5.91 Å². The molecular formula is C14H23N3OS. The maximum Gasteiger partial charge on any atom is 0.270 e. The van der Waals surface area contributed by atoms with Crippen LogP contribution in [-0.4, -0.2) is 23.5 Å². The van der Waals surface area contributed by atoms with Crippen LogP contribution in [0.15, 0.2) is 5.38 Å². The SMILES string of the molecule is CC(C)Cc1nc(C(=O)NC2CCCC2CN)cs1. The zero-order valence-electron chi connectivity index (χ0n) is 11.7. The van der Waals surface area contributed by atoms with Gasteiger partial charge in [0.15, 0.2) is 0 Å². The van der Waals surface area contributed by atoms with Crippen molar-refractivity contribution in [3.8, 4) is 0 Å². The zero-order valence-corrected chi connectivity index (χ0v) is 12.5. The van der Waals surface area contributed by atoms with E-state index < -0.39 is 0 Å². The van der Waals surface area contributed by atoms with E-state index in [1.54, 1.807) is 11.3 Å². The van der Waals surface area contributed by atoms with Gasteiger partial charge < -0.3 is 11.1 Å². The Bertz CT molecular complexity index is 430. The molecule has 19 heavy (non-hydrogen) atoms. The van der Waals surface area contributed by atoms with Gasteiger partial charge in [-0.05, 0) is 31.2 Å². The van der Waals surface area contributed by atoms with Gasteiger partial charge in [-0.3, -0.25) is 4.79 Å². The maximum absolute atomic E-state index is 12.2. The molecule has 0 bridgehead atoms.